The number of benzene rings is 2. The van der Waals surface area contributed by atoms with E-state index in [9.17, 15) is 9.59 Å². The number of amides is 2. The van der Waals surface area contributed by atoms with Crippen molar-refractivity contribution in [1.29, 1.82) is 0 Å². The fourth-order valence-corrected chi connectivity index (χ4v) is 2.95. The van der Waals surface area contributed by atoms with Crippen LogP contribution in [0.3, 0.4) is 0 Å². The second kappa shape index (κ2) is 10.2. The van der Waals surface area contributed by atoms with Crippen LogP contribution in [-0.4, -0.2) is 35.9 Å². The Bertz CT molecular complexity index is 784. The van der Waals surface area contributed by atoms with Crippen LogP contribution in [0.25, 0.3) is 0 Å². The van der Waals surface area contributed by atoms with E-state index < -0.39 is 6.04 Å². The van der Waals surface area contributed by atoms with Gasteiger partial charge in [-0.25, -0.2) is 0 Å². The van der Waals surface area contributed by atoms with Crippen LogP contribution in [0.2, 0.25) is 10.0 Å². The highest BCUT2D eigenvalue weighted by Crippen LogP contribution is 2.23. The summed E-state index contributed by atoms with van der Waals surface area (Å²) in [6.45, 7) is 3.97. The number of nitrogens with zero attached hydrogens (tertiary/aromatic N) is 1. The fourth-order valence-electron chi connectivity index (χ4n) is 2.48. The molecule has 0 heterocycles. The zero-order chi connectivity index (χ0) is 19.8. The van der Waals surface area contributed by atoms with E-state index in [2.05, 4.69) is 5.32 Å². The van der Waals surface area contributed by atoms with Crippen LogP contribution < -0.4 is 10.1 Å². The Morgan fingerprint density at radius 3 is 2.48 bits per heavy atom. The molecule has 0 bridgehead atoms. The Morgan fingerprint density at radius 1 is 1.15 bits per heavy atom. The maximum absolute atomic E-state index is 12.8. The molecule has 27 heavy (non-hydrogen) atoms. The van der Waals surface area contributed by atoms with Crippen molar-refractivity contribution in [3.05, 3.63) is 64.1 Å². The summed E-state index contributed by atoms with van der Waals surface area (Å²) in [5.41, 5.74) is 0.699. The van der Waals surface area contributed by atoms with Gasteiger partial charge in [-0.3, -0.25) is 9.59 Å². The van der Waals surface area contributed by atoms with Gasteiger partial charge in [0.25, 0.3) is 5.91 Å². The molecule has 0 unspecified atom stereocenters. The number of hydrogen-bond acceptors (Lipinski definition) is 3. The molecule has 2 rings (SSSR count). The van der Waals surface area contributed by atoms with Crippen molar-refractivity contribution in [2.75, 3.05) is 13.2 Å². The number of carbonyl (C=O) groups is 2. The molecule has 0 spiro atoms. The van der Waals surface area contributed by atoms with Crippen molar-refractivity contribution in [2.45, 2.75) is 26.4 Å². The first kappa shape index (κ1) is 21.1. The van der Waals surface area contributed by atoms with Crippen molar-refractivity contribution >= 4 is 35.0 Å². The number of carbonyl (C=O) groups excluding carboxylic acids is 2. The number of para-hydroxylation sites is 1. The summed E-state index contributed by atoms with van der Waals surface area (Å²) in [5, 5.41) is 3.68. The van der Waals surface area contributed by atoms with Crippen LogP contribution >= 0.6 is 23.2 Å². The number of ether oxygens (including phenoxy) is 1. The second-order valence-corrected chi connectivity index (χ2v) is 6.77. The summed E-state index contributed by atoms with van der Waals surface area (Å²) in [4.78, 5) is 26.5. The Labute approximate surface area is 169 Å². The van der Waals surface area contributed by atoms with Gasteiger partial charge in [-0.1, -0.05) is 47.5 Å². The number of hydrogen-bond donors (Lipinski definition) is 1. The van der Waals surface area contributed by atoms with E-state index in [1.165, 1.54) is 4.90 Å². The van der Waals surface area contributed by atoms with E-state index in [0.717, 1.165) is 0 Å². The zero-order valence-electron chi connectivity index (χ0n) is 15.2. The van der Waals surface area contributed by atoms with Crippen LogP contribution in [-0.2, 0) is 16.1 Å². The molecule has 5 nitrogen and oxygen atoms in total. The molecule has 0 fully saturated rings. The second-order valence-electron chi connectivity index (χ2n) is 5.93. The van der Waals surface area contributed by atoms with Crippen LogP contribution in [0.5, 0.6) is 5.75 Å². The summed E-state index contributed by atoms with van der Waals surface area (Å²) in [6, 6.07) is 13.4. The van der Waals surface area contributed by atoms with Crippen LogP contribution in [0.1, 0.15) is 19.4 Å². The van der Waals surface area contributed by atoms with Gasteiger partial charge in [-0.15, -0.1) is 0 Å². The summed E-state index contributed by atoms with van der Waals surface area (Å²) < 4.78 is 5.55. The first-order valence-electron chi connectivity index (χ1n) is 8.61. The van der Waals surface area contributed by atoms with E-state index in [0.29, 0.717) is 27.9 Å². The van der Waals surface area contributed by atoms with Gasteiger partial charge in [0.1, 0.15) is 11.8 Å². The standard InChI is InChI=1S/C20H22Cl2N2O3/c1-3-23-20(26)14(2)24(12-15-9-10-16(21)11-18(15)22)19(25)13-27-17-7-5-4-6-8-17/h4-11,14H,3,12-13H2,1-2H3,(H,23,26)/t14-/m1/s1. The third kappa shape index (κ3) is 6.15. The first-order valence-corrected chi connectivity index (χ1v) is 9.37. The minimum atomic E-state index is -0.677. The van der Waals surface area contributed by atoms with Gasteiger partial charge in [0, 0.05) is 23.1 Å². The molecule has 0 saturated heterocycles. The summed E-state index contributed by atoms with van der Waals surface area (Å²) in [6.07, 6.45) is 0. The summed E-state index contributed by atoms with van der Waals surface area (Å²) in [5.74, 6) is 0.0280. The Morgan fingerprint density at radius 2 is 1.85 bits per heavy atom. The molecule has 0 aliphatic heterocycles. The average Bonchev–Trinajstić information content (AvgIpc) is 2.66. The van der Waals surface area contributed by atoms with E-state index in [4.69, 9.17) is 27.9 Å². The molecule has 2 aromatic rings. The Hall–Kier alpha value is -2.24. The highest BCUT2D eigenvalue weighted by Gasteiger charge is 2.26. The predicted molar refractivity (Wildman–Crippen MR) is 107 cm³/mol. The van der Waals surface area contributed by atoms with Crippen molar-refractivity contribution in [3.63, 3.8) is 0 Å². The van der Waals surface area contributed by atoms with Crippen molar-refractivity contribution in [1.82, 2.24) is 10.2 Å². The maximum Gasteiger partial charge on any atom is 0.261 e. The quantitative estimate of drug-likeness (QED) is 0.719. The van der Waals surface area contributed by atoms with E-state index in [-0.39, 0.29) is 25.0 Å². The highest BCUT2D eigenvalue weighted by molar-refractivity contribution is 6.35. The molecular formula is C20H22Cl2N2O3. The van der Waals surface area contributed by atoms with E-state index in [1.54, 1.807) is 37.3 Å². The number of likely N-dealkylation sites (N-methyl/N-ethyl adjacent to an activating group) is 1. The Kier molecular flexibility index (Phi) is 7.95. The lowest BCUT2D eigenvalue weighted by Gasteiger charge is -2.29. The molecule has 2 amide bonds. The highest BCUT2D eigenvalue weighted by atomic mass is 35.5. The first-order chi connectivity index (χ1) is 12.9. The molecule has 1 N–H and O–H groups in total. The largest absolute Gasteiger partial charge is 0.484 e. The monoisotopic (exact) mass is 408 g/mol. The molecule has 0 aliphatic carbocycles. The Balaban J connectivity index is 2.17. The number of rotatable bonds is 8. The van der Waals surface area contributed by atoms with E-state index in [1.807, 2.05) is 25.1 Å². The van der Waals surface area contributed by atoms with Gasteiger partial charge in [0.15, 0.2) is 6.61 Å². The lowest BCUT2D eigenvalue weighted by atomic mass is 10.1. The van der Waals surface area contributed by atoms with Crippen molar-refractivity contribution in [3.8, 4) is 5.75 Å². The number of nitrogens with one attached hydrogen (secondary N) is 1. The minimum absolute atomic E-state index is 0.172. The van der Waals surface area contributed by atoms with Gasteiger partial charge in [0.05, 0.1) is 0 Å². The molecule has 7 heteroatoms. The molecular weight excluding hydrogens is 387 g/mol. The third-order valence-electron chi connectivity index (χ3n) is 3.98. The predicted octanol–water partition coefficient (Wildman–Crippen LogP) is 3.93. The van der Waals surface area contributed by atoms with Crippen LogP contribution in [0.15, 0.2) is 48.5 Å². The average molecular weight is 409 g/mol. The molecule has 1 atom stereocenters. The smallest absolute Gasteiger partial charge is 0.261 e. The number of halogens is 2. The van der Waals surface area contributed by atoms with Gasteiger partial charge in [0.2, 0.25) is 5.91 Å². The molecule has 0 aliphatic rings. The zero-order valence-corrected chi connectivity index (χ0v) is 16.8. The summed E-state index contributed by atoms with van der Waals surface area (Å²) in [7, 11) is 0. The van der Waals surface area contributed by atoms with Crippen LogP contribution in [0.4, 0.5) is 0 Å². The lowest BCUT2D eigenvalue weighted by Crippen LogP contribution is -2.49. The van der Waals surface area contributed by atoms with Gasteiger partial charge >= 0.3 is 0 Å². The van der Waals surface area contributed by atoms with Gasteiger partial charge in [-0.05, 0) is 43.7 Å². The topological polar surface area (TPSA) is 58.6 Å². The lowest BCUT2D eigenvalue weighted by molar-refractivity contribution is -0.142. The van der Waals surface area contributed by atoms with E-state index >= 15 is 0 Å². The summed E-state index contributed by atoms with van der Waals surface area (Å²) >= 11 is 12.2. The fraction of sp³-hybridized carbons (Fsp3) is 0.300. The minimum Gasteiger partial charge on any atom is -0.484 e. The SMILES string of the molecule is CCNC(=O)[C@@H](C)N(Cc1ccc(Cl)cc1Cl)C(=O)COc1ccccc1. The molecule has 144 valence electrons. The van der Waals surface area contributed by atoms with Crippen molar-refractivity contribution < 1.29 is 14.3 Å². The van der Waals surface area contributed by atoms with Gasteiger partial charge in [-0.2, -0.15) is 0 Å². The molecule has 2 aromatic carbocycles. The van der Waals surface area contributed by atoms with Crippen molar-refractivity contribution in [2.24, 2.45) is 0 Å². The normalized spacial score (nSPS) is 11.6. The molecule has 0 radical (unpaired) electrons. The van der Waals surface area contributed by atoms with Gasteiger partial charge < -0.3 is 15.0 Å². The third-order valence-corrected chi connectivity index (χ3v) is 4.57. The van der Waals surface area contributed by atoms with Crippen LogP contribution in [0, 0.1) is 0 Å². The molecule has 0 saturated carbocycles. The molecule has 0 aromatic heterocycles. The maximum atomic E-state index is 12.8.